The molecule has 2 atom stereocenters. The molecule has 0 aromatic rings. The molecule has 2 N–H and O–H groups in total. The van der Waals surface area contributed by atoms with Crippen LogP contribution in [0.15, 0.2) is 0 Å². The quantitative estimate of drug-likeness (QED) is 0.631. The van der Waals surface area contributed by atoms with Gasteiger partial charge in [-0.1, -0.05) is 0 Å². The number of hydrogen-bond acceptors (Lipinski definition) is 3. The summed E-state index contributed by atoms with van der Waals surface area (Å²) < 4.78 is 13.0. The zero-order chi connectivity index (χ0) is 8.55. The molecule has 0 spiro atoms. The van der Waals surface area contributed by atoms with Crippen LogP contribution in [0.2, 0.25) is 0 Å². The highest BCUT2D eigenvalue weighted by molar-refractivity contribution is 4.95. The van der Waals surface area contributed by atoms with E-state index < -0.39 is 6.17 Å². The van der Waals surface area contributed by atoms with E-state index in [1.54, 1.807) is 0 Å². The standard InChI is InChI=1S/C8H15FN2O/c9-6-3-8(5-12-10)11(4-6)7-1-2-7/h6-8H,1-5,10H2/t6-,8+/m1/s1. The van der Waals surface area contributed by atoms with E-state index in [0.717, 1.165) is 0 Å². The minimum Gasteiger partial charge on any atom is -0.303 e. The monoisotopic (exact) mass is 174 g/mol. The first-order valence-electron chi connectivity index (χ1n) is 4.52. The molecule has 1 saturated heterocycles. The van der Waals surface area contributed by atoms with Crippen LogP contribution in [0.5, 0.6) is 0 Å². The van der Waals surface area contributed by atoms with Gasteiger partial charge in [-0.05, 0) is 19.3 Å². The summed E-state index contributed by atoms with van der Waals surface area (Å²) in [6.07, 6.45) is 2.35. The summed E-state index contributed by atoms with van der Waals surface area (Å²) in [4.78, 5) is 6.78. The lowest BCUT2D eigenvalue weighted by Crippen LogP contribution is -2.35. The molecular formula is C8H15FN2O. The summed E-state index contributed by atoms with van der Waals surface area (Å²) >= 11 is 0. The van der Waals surface area contributed by atoms with Gasteiger partial charge in [-0.3, -0.25) is 4.90 Å². The van der Waals surface area contributed by atoms with Crippen LogP contribution < -0.4 is 5.90 Å². The highest BCUT2D eigenvalue weighted by Gasteiger charge is 2.40. The summed E-state index contributed by atoms with van der Waals surface area (Å²) in [7, 11) is 0. The Bertz CT molecular complexity index is 163. The highest BCUT2D eigenvalue weighted by atomic mass is 19.1. The molecule has 0 radical (unpaired) electrons. The zero-order valence-corrected chi connectivity index (χ0v) is 7.08. The van der Waals surface area contributed by atoms with Crippen molar-refractivity contribution in [2.45, 2.75) is 37.5 Å². The van der Waals surface area contributed by atoms with Gasteiger partial charge in [-0.15, -0.1) is 0 Å². The van der Waals surface area contributed by atoms with Gasteiger partial charge in [-0.2, -0.15) is 0 Å². The lowest BCUT2D eigenvalue weighted by Gasteiger charge is -2.22. The summed E-state index contributed by atoms with van der Waals surface area (Å²) in [6.45, 7) is 1.05. The van der Waals surface area contributed by atoms with Gasteiger partial charge in [0.25, 0.3) is 0 Å². The van der Waals surface area contributed by atoms with E-state index in [9.17, 15) is 4.39 Å². The smallest absolute Gasteiger partial charge is 0.114 e. The van der Waals surface area contributed by atoms with E-state index in [1.807, 2.05) is 0 Å². The summed E-state index contributed by atoms with van der Waals surface area (Å²) in [5.74, 6) is 4.99. The maximum absolute atomic E-state index is 13.0. The molecule has 1 aliphatic carbocycles. The Hall–Kier alpha value is -0.190. The Balaban J connectivity index is 1.90. The van der Waals surface area contributed by atoms with Gasteiger partial charge in [0, 0.05) is 18.6 Å². The maximum Gasteiger partial charge on any atom is 0.114 e. The van der Waals surface area contributed by atoms with Crippen molar-refractivity contribution in [2.24, 2.45) is 5.90 Å². The molecule has 4 heteroatoms. The van der Waals surface area contributed by atoms with Gasteiger partial charge < -0.3 is 4.84 Å². The molecule has 0 amide bonds. The second kappa shape index (κ2) is 3.28. The fourth-order valence-corrected chi connectivity index (χ4v) is 2.01. The first-order valence-corrected chi connectivity index (χ1v) is 4.52. The van der Waals surface area contributed by atoms with Crippen LogP contribution in [0.25, 0.3) is 0 Å². The summed E-state index contributed by atoms with van der Waals surface area (Å²) in [5, 5.41) is 0. The van der Waals surface area contributed by atoms with Gasteiger partial charge >= 0.3 is 0 Å². The fraction of sp³-hybridized carbons (Fsp3) is 1.00. The van der Waals surface area contributed by atoms with E-state index in [-0.39, 0.29) is 6.04 Å². The average molecular weight is 174 g/mol. The second-order valence-electron chi connectivity index (χ2n) is 3.75. The zero-order valence-electron chi connectivity index (χ0n) is 7.08. The molecule has 0 aromatic carbocycles. The molecule has 1 saturated carbocycles. The van der Waals surface area contributed by atoms with Gasteiger partial charge in [0.1, 0.15) is 6.17 Å². The Morgan fingerprint density at radius 2 is 2.25 bits per heavy atom. The molecule has 3 nitrogen and oxygen atoms in total. The van der Waals surface area contributed by atoms with Gasteiger partial charge in [0.05, 0.1) is 6.61 Å². The predicted octanol–water partition coefficient (Wildman–Crippen LogP) is 0.451. The second-order valence-corrected chi connectivity index (χ2v) is 3.75. The van der Waals surface area contributed by atoms with Crippen molar-refractivity contribution in [1.29, 1.82) is 0 Å². The molecule has 0 aromatic heterocycles. The number of hydrogen-bond donors (Lipinski definition) is 1. The minimum absolute atomic E-state index is 0.220. The molecule has 1 heterocycles. The molecule has 2 aliphatic rings. The molecule has 70 valence electrons. The molecule has 12 heavy (non-hydrogen) atoms. The van der Waals surface area contributed by atoms with Crippen LogP contribution >= 0.6 is 0 Å². The van der Waals surface area contributed by atoms with Crippen molar-refractivity contribution in [2.75, 3.05) is 13.2 Å². The number of likely N-dealkylation sites (tertiary alicyclic amines) is 1. The number of rotatable bonds is 3. The van der Waals surface area contributed by atoms with E-state index in [0.29, 0.717) is 25.6 Å². The normalized spacial score (nSPS) is 37.5. The lowest BCUT2D eigenvalue weighted by atomic mass is 10.2. The molecule has 0 unspecified atom stereocenters. The fourth-order valence-electron chi connectivity index (χ4n) is 2.01. The van der Waals surface area contributed by atoms with Crippen LogP contribution in [-0.4, -0.2) is 36.3 Å². The largest absolute Gasteiger partial charge is 0.303 e. The molecule has 1 aliphatic heterocycles. The van der Waals surface area contributed by atoms with Crippen LogP contribution in [0.4, 0.5) is 4.39 Å². The first kappa shape index (κ1) is 8.41. The third kappa shape index (κ3) is 1.60. The predicted molar refractivity (Wildman–Crippen MR) is 43.2 cm³/mol. The average Bonchev–Trinajstić information content (AvgIpc) is 2.79. The molecule has 2 rings (SSSR count). The van der Waals surface area contributed by atoms with E-state index in [2.05, 4.69) is 9.74 Å². The molecule has 2 fully saturated rings. The van der Waals surface area contributed by atoms with Gasteiger partial charge in [0.15, 0.2) is 0 Å². The summed E-state index contributed by atoms with van der Waals surface area (Å²) in [6, 6.07) is 0.836. The SMILES string of the molecule is NOC[C@@H]1C[C@@H](F)CN1C1CC1. The van der Waals surface area contributed by atoms with Crippen LogP contribution in [-0.2, 0) is 4.84 Å². The number of nitrogens with two attached hydrogens (primary N) is 1. The van der Waals surface area contributed by atoms with Gasteiger partial charge in [0.2, 0.25) is 0 Å². The van der Waals surface area contributed by atoms with Crippen molar-refractivity contribution in [3.05, 3.63) is 0 Å². The topological polar surface area (TPSA) is 38.5 Å². The Morgan fingerprint density at radius 1 is 1.50 bits per heavy atom. The Morgan fingerprint density at radius 3 is 2.83 bits per heavy atom. The van der Waals surface area contributed by atoms with Crippen LogP contribution in [0.3, 0.4) is 0 Å². The van der Waals surface area contributed by atoms with Crippen molar-refractivity contribution >= 4 is 0 Å². The Labute approximate surface area is 71.6 Å². The third-order valence-electron chi connectivity index (χ3n) is 2.71. The van der Waals surface area contributed by atoms with Crippen molar-refractivity contribution in [3.63, 3.8) is 0 Å². The van der Waals surface area contributed by atoms with Crippen molar-refractivity contribution in [1.82, 2.24) is 4.90 Å². The molecule has 0 bridgehead atoms. The van der Waals surface area contributed by atoms with E-state index in [4.69, 9.17) is 5.90 Å². The van der Waals surface area contributed by atoms with E-state index >= 15 is 0 Å². The summed E-state index contributed by atoms with van der Waals surface area (Å²) in [5.41, 5.74) is 0. The van der Waals surface area contributed by atoms with E-state index in [1.165, 1.54) is 12.8 Å². The van der Waals surface area contributed by atoms with Crippen LogP contribution in [0, 0.1) is 0 Å². The minimum atomic E-state index is -0.675. The first-order chi connectivity index (χ1) is 5.81. The third-order valence-corrected chi connectivity index (χ3v) is 2.71. The highest BCUT2D eigenvalue weighted by Crippen LogP contribution is 2.34. The van der Waals surface area contributed by atoms with Gasteiger partial charge in [-0.25, -0.2) is 10.3 Å². The lowest BCUT2D eigenvalue weighted by molar-refractivity contribution is 0.0749. The number of halogens is 1. The maximum atomic E-state index is 13.0. The van der Waals surface area contributed by atoms with Crippen LogP contribution in [0.1, 0.15) is 19.3 Å². The van der Waals surface area contributed by atoms with Crippen molar-refractivity contribution < 1.29 is 9.23 Å². The molecular weight excluding hydrogens is 159 g/mol. The number of alkyl halides is 1. The Kier molecular flexibility index (Phi) is 2.30. The number of nitrogens with zero attached hydrogens (tertiary/aromatic N) is 1. The van der Waals surface area contributed by atoms with Crippen molar-refractivity contribution in [3.8, 4) is 0 Å².